The third kappa shape index (κ3) is 5.10. The summed E-state index contributed by atoms with van der Waals surface area (Å²) in [5.41, 5.74) is 5.05. The molecule has 150 valence electrons. The topological polar surface area (TPSA) is 67.6 Å². The lowest BCUT2D eigenvalue weighted by Gasteiger charge is -2.26. The normalized spacial score (nSPS) is 14.7. The molecule has 1 amide bonds. The maximum absolute atomic E-state index is 12.5. The number of ether oxygens (including phenoxy) is 1. The first kappa shape index (κ1) is 19.4. The first-order valence-electron chi connectivity index (χ1n) is 9.87. The van der Waals surface area contributed by atoms with Crippen molar-refractivity contribution in [1.29, 1.82) is 0 Å². The number of morpholine rings is 1. The summed E-state index contributed by atoms with van der Waals surface area (Å²) in [6, 6.07) is 17.9. The number of carbonyl (C=O) groups excluding carboxylic acids is 1. The van der Waals surface area contributed by atoms with Crippen molar-refractivity contribution >= 4 is 5.91 Å². The molecule has 1 aliphatic rings. The second-order valence-corrected chi connectivity index (χ2v) is 7.33. The highest BCUT2D eigenvalue weighted by Crippen LogP contribution is 2.19. The molecule has 2 aromatic carbocycles. The molecule has 0 aliphatic carbocycles. The highest BCUT2D eigenvalue weighted by atomic mass is 16.5. The number of nitrogens with one attached hydrogen (secondary N) is 1. The van der Waals surface area contributed by atoms with Gasteiger partial charge >= 0.3 is 0 Å². The van der Waals surface area contributed by atoms with Crippen LogP contribution in [0.4, 0.5) is 0 Å². The maximum Gasteiger partial charge on any atom is 0.290 e. The van der Waals surface area contributed by atoms with Crippen molar-refractivity contribution < 1.29 is 14.1 Å². The molecule has 4 rings (SSSR count). The van der Waals surface area contributed by atoms with Crippen molar-refractivity contribution in [2.75, 3.05) is 26.3 Å². The van der Waals surface area contributed by atoms with Gasteiger partial charge in [0.25, 0.3) is 5.91 Å². The second kappa shape index (κ2) is 9.03. The lowest BCUT2D eigenvalue weighted by atomic mass is 10.1. The van der Waals surface area contributed by atoms with E-state index in [1.807, 2.05) is 43.3 Å². The first-order valence-corrected chi connectivity index (χ1v) is 9.87. The largest absolute Gasteiger partial charge is 0.379 e. The van der Waals surface area contributed by atoms with Crippen LogP contribution in [0.5, 0.6) is 0 Å². The van der Waals surface area contributed by atoms with Crippen LogP contribution in [-0.2, 0) is 17.8 Å². The van der Waals surface area contributed by atoms with Crippen LogP contribution < -0.4 is 5.32 Å². The number of carbonyl (C=O) groups is 1. The molecule has 1 aromatic heterocycles. The van der Waals surface area contributed by atoms with E-state index in [1.165, 1.54) is 11.1 Å². The fraction of sp³-hybridized carbons (Fsp3) is 0.304. The van der Waals surface area contributed by atoms with Crippen LogP contribution in [-0.4, -0.2) is 42.3 Å². The molecule has 6 heteroatoms. The third-order valence-electron chi connectivity index (χ3n) is 5.04. The summed E-state index contributed by atoms with van der Waals surface area (Å²) in [6.45, 7) is 6.85. The minimum Gasteiger partial charge on any atom is -0.379 e. The Morgan fingerprint density at radius 3 is 2.62 bits per heavy atom. The minimum absolute atomic E-state index is 0.213. The number of benzene rings is 2. The summed E-state index contributed by atoms with van der Waals surface area (Å²) in [5.74, 6) is -0.0560. The van der Waals surface area contributed by atoms with E-state index < -0.39 is 0 Å². The van der Waals surface area contributed by atoms with Crippen LogP contribution >= 0.6 is 0 Å². The van der Waals surface area contributed by atoms with Crippen LogP contribution in [0.1, 0.15) is 27.2 Å². The maximum atomic E-state index is 12.5. The van der Waals surface area contributed by atoms with Crippen LogP contribution in [0.15, 0.2) is 59.1 Å². The monoisotopic (exact) mass is 391 g/mol. The Kier molecular flexibility index (Phi) is 6.03. The van der Waals surface area contributed by atoms with Crippen molar-refractivity contribution in [3.05, 3.63) is 77.0 Å². The molecule has 1 saturated heterocycles. The number of aromatic nitrogens is 1. The molecule has 0 spiro atoms. The second-order valence-electron chi connectivity index (χ2n) is 7.33. The molecule has 29 heavy (non-hydrogen) atoms. The lowest BCUT2D eigenvalue weighted by molar-refractivity contribution is 0.0342. The van der Waals surface area contributed by atoms with Crippen LogP contribution in [0.3, 0.4) is 0 Å². The van der Waals surface area contributed by atoms with Crippen molar-refractivity contribution in [2.24, 2.45) is 0 Å². The van der Waals surface area contributed by atoms with Gasteiger partial charge in [0.15, 0.2) is 0 Å². The molecule has 1 N–H and O–H groups in total. The fourth-order valence-corrected chi connectivity index (χ4v) is 3.37. The van der Waals surface area contributed by atoms with E-state index in [0.717, 1.165) is 44.0 Å². The Bertz CT molecular complexity index is 960. The molecular formula is C23H25N3O3. The molecule has 0 bridgehead atoms. The van der Waals surface area contributed by atoms with Gasteiger partial charge in [-0.2, -0.15) is 0 Å². The average Bonchev–Trinajstić information content (AvgIpc) is 3.24. The van der Waals surface area contributed by atoms with E-state index >= 15 is 0 Å². The minimum atomic E-state index is -0.269. The quantitative estimate of drug-likeness (QED) is 0.697. The van der Waals surface area contributed by atoms with Crippen LogP contribution in [0.25, 0.3) is 11.3 Å². The molecule has 0 unspecified atom stereocenters. The molecule has 6 nitrogen and oxygen atoms in total. The van der Waals surface area contributed by atoms with E-state index in [2.05, 4.69) is 27.5 Å². The van der Waals surface area contributed by atoms with E-state index in [1.54, 1.807) is 6.07 Å². The Hall–Kier alpha value is -2.96. The number of nitrogens with zero attached hydrogens (tertiary/aromatic N) is 2. The lowest BCUT2D eigenvalue weighted by Crippen LogP contribution is -2.35. The van der Waals surface area contributed by atoms with Gasteiger partial charge in [-0.15, -0.1) is 0 Å². The van der Waals surface area contributed by atoms with Crippen molar-refractivity contribution in [3.8, 4) is 11.3 Å². The molecule has 0 saturated carbocycles. The van der Waals surface area contributed by atoms with Gasteiger partial charge in [0, 0.05) is 37.8 Å². The molecule has 2 heterocycles. The van der Waals surface area contributed by atoms with Crippen molar-refractivity contribution in [1.82, 2.24) is 15.4 Å². The fourth-order valence-electron chi connectivity index (χ4n) is 3.37. The Morgan fingerprint density at radius 2 is 1.83 bits per heavy atom. The number of rotatable bonds is 6. The highest BCUT2D eigenvalue weighted by molar-refractivity contribution is 5.92. The summed E-state index contributed by atoms with van der Waals surface area (Å²) in [7, 11) is 0. The first-order chi connectivity index (χ1) is 14.2. The molecule has 0 radical (unpaired) electrons. The summed E-state index contributed by atoms with van der Waals surface area (Å²) >= 11 is 0. The van der Waals surface area contributed by atoms with E-state index in [4.69, 9.17) is 9.26 Å². The predicted octanol–water partition coefficient (Wildman–Crippen LogP) is 3.41. The molecule has 1 fully saturated rings. The zero-order valence-corrected chi connectivity index (χ0v) is 16.6. The zero-order valence-electron chi connectivity index (χ0n) is 16.6. The van der Waals surface area contributed by atoms with Crippen molar-refractivity contribution in [2.45, 2.75) is 20.0 Å². The zero-order chi connectivity index (χ0) is 20.1. The number of hydrogen-bond acceptors (Lipinski definition) is 5. The average molecular weight is 391 g/mol. The smallest absolute Gasteiger partial charge is 0.290 e. The van der Waals surface area contributed by atoms with Gasteiger partial charge < -0.3 is 14.6 Å². The third-order valence-corrected chi connectivity index (χ3v) is 5.04. The predicted molar refractivity (Wildman–Crippen MR) is 110 cm³/mol. The van der Waals surface area contributed by atoms with E-state index in [0.29, 0.717) is 12.2 Å². The van der Waals surface area contributed by atoms with Crippen molar-refractivity contribution in [3.63, 3.8) is 0 Å². The SMILES string of the molecule is Cc1ccc(-c2cc(C(=O)NCc3cccc(CN4CCOCC4)c3)on2)cc1. The molecule has 1 aliphatic heterocycles. The number of hydrogen-bond donors (Lipinski definition) is 1. The summed E-state index contributed by atoms with van der Waals surface area (Å²) < 4.78 is 10.6. The van der Waals surface area contributed by atoms with Gasteiger partial charge in [0.2, 0.25) is 5.76 Å². The number of amides is 1. The summed E-state index contributed by atoms with van der Waals surface area (Å²) in [5, 5.41) is 6.93. The van der Waals surface area contributed by atoms with Gasteiger partial charge in [-0.25, -0.2) is 0 Å². The van der Waals surface area contributed by atoms with Gasteiger partial charge in [0.1, 0.15) is 5.69 Å². The molecule has 3 aromatic rings. The van der Waals surface area contributed by atoms with Crippen LogP contribution in [0.2, 0.25) is 0 Å². The van der Waals surface area contributed by atoms with Gasteiger partial charge in [-0.05, 0) is 18.1 Å². The van der Waals surface area contributed by atoms with Gasteiger partial charge in [-0.1, -0.05) is 59.3 Å². The molecular weight excluding hydrogens is 366 g/mol. The standard InChI is InChI=1S/C23H25N3O3/c1-17-5-7-20(8-6-17)21-14-22(29-25-21)23(27)24-15-18-3-2-4-19(13-18)16-26-9-11-28-12-10-26/h2-8,13-14H,9-12,15-16H2,1H3,(H,24,27). The van der Waals surface area contributed by atoms with Gasteiger partial charge in [-0.3, -0.25) is 9.69 Å². The number of aryl methyl sites for hydroxylation is 1. The highest BCUT2D eigenvalue weighted by Gasteiger charge is 2.14. The summed E-state index contributed by atoms with van der Waals surface area (Å²) in [4.78, 5) is 14.8. The van der Waals surface area contributed by atoms with Crippen LogP contribution in [0, 0.1) is 6.92 Å². The Balaban J connectivity index is 1.35. The van der Waals surface area contributed by atoms with E-state index in [9.17, 15) is 4.79 Å². The Morgan fingerprint density at radius 1 is 1.07 bits per heavy atom. The van der Waals surface area contributed by atoms with Gasteiger partial charge in [0.05, 0.1) is 13.2 Å². The Labute approximate surface area is 170 Å². The summed E-state index contributed by atoms with van der Waals surface area (Å²) in [6.07, 6.45) is 0. The van der Waals surface area contributed by atoms with E-state index in [-0.39, 0.29) is 11.7 Å². The molecule has 0 atom stereocenters.